The number of amides is 3. The normalized spacial score (nSPS) is 16.6. The van der Waals surface area contributed by atoms with Crippen molar-refractivity contribution >= 4 is 52.3 Å². The predicted molar refractivity (Wildman–Crippen MR) is 135 cm³/mol. The highest BCUT2D eigenvalue weighted by Crippen LogP contribution is 2.35. The van der Waals surface area contributed by atoms with E-state index in [1.807, 2.05) is 23.1 Å². The molecule has 0 aromatic heterocycles. The van der Waals surface area contributed by atoms with Crippen molar-refractivity contribution in [3.8, 4) is 11.5 Å². The van der Waals surface area contributed by atoms with Crippen LogP contribution in [0.2, 0.25) is 0 Å². The first-order valence-electron chi connectivity index (χ1n) is 10.7. The molecule has 34 heavy (non-hydrogen) atoms. The lowest BCUT2D eigenvalue weighted by Gasteiger charge is -2.30. The number of nitrogens with zero attached hydrogens (tertiary/aromatic N) is 2. The lowest BCUT2D eigenvalue weighted by Crippen LogP contribution is -2.43. The Balaban J connectivity index is 1.32. The zero-order valence-corrected chi connectivity index (χ0v) is 20.5. The van der Waals surface area contributed by atoms with Gasteiger partial charge in [0.2, 0.25) is 5.91 Å². The lowest BCUT2D eigenvalue weighted by atomic mass is 10.2. The molecule has 1 saturated heterocycles. The molecular weight excluding hydrogens is 474 g/mol. The van der Waals surface area contributed by atoms with Crippen molar-refractivity contribution in [2.24, 2.45) is 0 Å². The van der Waals surface area contributed by atoms with Crippen LogP contribution < -0.4 is 19.7 Å². The summed E-state index contributed by atoms with van der Waals surface area (Å²) in [4.78, 5) is 42.4. The monoisotopic (exact) mass is 499 g/mol. The van der Waals surface area contributed by atoms with Crippen molar-refractivity contribution < 1.29 is 23.9 Å². The summed E-state index contributed by atoms with van der Waals surface area (Å²) in [7, 11) is 3.08. The number of hydrogen-bond acceptors (Lipinski definition) is 8. The van der Waals surface area contributed by atoms with Gasteiger partial charge in [0.15, 0.2) is 11.5 Å². The number of carbonyl (C=O) groups excluding carboxylic acids is 3. The van der Waals surface area contributed by atoms with E-state index in [9.17, 15) is 14.4 Å². The summed E-state index contributed by atoms with van der Waals surface area (Å²) in [5, 5.41) is 2.47. The van der Waals surface area contributed by atoms with E-state index in [0.29, 0.717) is 16.4 Å². The Kier molecular flexibility index (Phi) is 7.69. The molecule has 1 N–H and O–H groups in total. The standard InChI is InChI=1S/C24H25N3O5S2/c1-31-18-8-7-16(13-19(18)32-2)14-21-23(29)27(24(30)34-21)10-9-25-22(28)15-26-11-12-33-20-6-4-3-5-17(20)26/h3-8,13-14H,9-12,15H2,1-2H3,(H,25,28)/b21-14+. The molecular formula is C24H25N3O5S2. The van der Waals surface area contributed by atoms with Crippen LogP contribution in [0.1, 0.15) is 5.56 Å². The van der Waals surface area contributed by atoms with Gasteiger partial charge in [-0.15, -0.1) is 11.8 Å². The third-order valence-electron chi connectivity index (χ3n) is 5.40. The van der Waals surface area contributed by atoms with Crippen LogP contribution in [0.15, 0.2) is 52.3 Å². The van der Waals surface area contributed by atoms with Gasteiger partial charge in [0.05, 0.1) is 31.4 Å². The number of rotatable bonds is 8. The molecule has 4 rings (SSSR count). The largest absolute Gasteiger partial charge is 0.493 e. The van der Waals surface area contributed by atoms with E-state index >= 15 is 0 Å². The summed E-state index contributed by atoms with van der Waals surface area (Å²) in [6.07, 6.45) is 1.65. The molecule has 1 fully saturated rings. The molecule has 3 amide bonds. The number of ether oxygens (including phenoxy) is 2. The molecule has 0 aliphatic carbocycles. The van der Waals surface area contributed by atoms with Gasteiger partial charge >= 0.3 is 0 Å². The van der Waals surface area contributed by atoms with Gasteiger partial charge in [0.1, 0.15) is 0 Å². The smallest absolute Gasteiger partial charge is 0.293 e. The maximum absolute atomic E-state index is 12.8. The Morgan fingerprint density at radius 2 is 1.91 bits per heavy atom. The van der Waals surface area contributed by atoms with Crippen LogP contribution in [0.25, 0.3) is 6.08 Å². The molecule has 2 aliphatic heterocycles. The van der Waals surface area contributed by atoms with Crippen LogP contribution in [0.5, 0.6) is 11.5 Å². The Morgan fingerprint density at radius 1 is 1.12 bits per heavy atom. The van der Waals surface area contributed by atoms with E-state index in [0.717, 1.165) is 40.2 Å². The number of thioether (sulfide) groups is 2. The zero-order chi connectivity index (χ0) is 24.1. The zero-order valence-electron chi connectivity index (χ0n) is 18.9. The molecule has 0 spiro atoms. The Labute approximate surface area is 206 Å². The first-order chi connectivity index (χ1) is 16.5. The highest BCUT2D eigenvalue weighted by atomic mass is 32.2. The molecule has 2 aromatic carbocycles. The summed E-state index contributed by atoms with van der Waals surface area (Å²) >= 11 is 2.67. The fourth-order valence-corrected chi connectivity index (χ4v) is 5.63. The SMILES string of the molecule is COc1ccc(/C=C2/SC(=O)N(CCNC(=O)CN3CCSc4ccccc43)C2=O)cc1OC. The molecule has 0 radical (unpaired) electrons. The third-order valence-corrected chi connectivity index (χ3v) is 7.35. The molecule has 0 unspecified atom stereocenters. The van der Waals surface area contributed by atoms with E-state index in [-0.39, 0.29) is 36.7 Å². The van der Waals surface area contributed by atoms with Crippen LogP contribution in [-0.4, -0.2) is 68.1 Å². The van der Waals surface area contributed by atoms with Crippen molar-refractivity contribution in [2.75, 3.05) is 51.1 Å². The Bertz CT molecular complexity index is 1140. The molecule has 0 bridgehead atoms. The minimum Gasteiger partial charge on any atom is -0.493 e. The molecule has 178 valence electrons. The van der Waals surface area contributed by atoms with Gasteiger partial charge in [-0.3, -0.25) is 19.3 Å². The van der Waals surface area contributed by atoms with Crippen LogP contribution in [-0.2, 0) is 9.59 Å². The van der Waals surface area contributed by atoms with E-state index < -0.39 is 0 Å². The highest BCUT2D eigenvalue weighted by Gasteiger charge is 2.34. The lowest BCUT2D eigenvalue weighted by molar-refractivity contribution is -0.124. The van der Waals surface area contributed by atoms with Crippen LogP contribution >= 0.6 is 23.5 Å². The maximum atomic E-state index is 12.8. The summed E-state index contributed by atoms with van der Waals surface area (Å²) in [6.45, 7) is 1.34. The van der Waals surface area contributed by atoms with Gasteiger partial charge in [-0.2, -0.15) is 0 Å². The van der Waals surface area contributed by atoms with Gasteiger partial charge < -0.3 is 19.7 Å². The van der Waals surface area contributed by atoms with Gasteiger partial charge in [-0.1, -0.05) is 18.2 Å². The second kappa shape index (κ2) is 10.9. The highest BCUT2D eigenvalue weighted by molar-refractivity contribution is 8.18. The van der Waals surface area contributed by atoms with E-state index in [4.69, 9.17) is 9.47 Å². The average Bonchev–Trinajstić information content (AvgIpc) is 3.11. The Hall–Kier alpha value is -3.11. The summed E-state index contributed by atoms with van der Waals surface area (Å²) in [5.41, 5.74) is 1.77. The number of imide groups is 1. The number of anilines is 1. The molecule has 2 aliphatic rings. The molecule has 2 heterocycles. The molecule has 0 saturated carbocycles. The fraction of sp³-hybridized carbons (Fsp3) is 0.292. The summed E-state index contributed by atoms with van der Waals surface area (Å²) in [5.74, 6) is 1.52. The first-order valence-corrected chi connectivity index (χ1v) is 12.5. The van der Waals surface area contributed by atoms with Crippen molar-refractivity contribution in [3.05, 3.63) is 52.9 Å². The van der Waals surface area contributed by atoms with Gasteiger partial charge in [0.25, 0.3) is 11.1 Å². The minimum atomic E-state index is -0.374. The van der Waals surface area contributed by atoms with Gasteiger partial charge in [-0.25, -0.2) is 0 Å². The Morgan fingerprint density at radius 3 is 2.71 bits per heavy atom. The quantitative estimate of drug-likeness (QED) is 0.553. The molecule has 8 nitrogen and oxygen atoms in total. The second-order valence-electron chi connectivity index (χ2n) is 7.54. The van der Waals surface area contributed by atoms with Crippen molar-refractivity contribution in [2.45, 2.75) is 4.90 Å². The van der Waals surface area contributed by atoms with E-state index in [1.54, 1.807) is 43.1 Å². The predicted octanol–water partition coefficient (Wildman–Crippen LogP) is 3.47. The number of hydrogen-bond donors (Lipinski definition) is 1. The van der Waals surface area contributed by atoms with E-state index in [2.05, 4.69) is 11.4 Å². The van der Waals surface area contributed by atoms with Crippen molar-refractivity contribution in [3.63, 3.8) is 0 Å². The number of nitrogens with one attached hydrogen (secondary N) is 1. The summed E-state index contributed by atoms with van der Waals surface area (Å²) in [6, 6.07) is 13.3. The molecule has 10 heteroatoms. The van der Waals surface area contributed by atoms with Gasteiger partial charge in [0, 0.05) is 30.3 Å². The fourth-order valence-electron chi connectivity index (χ4n) is 3.71. The third kappa shape index (κ3) is 5.34. The molecule has 2 aromatic rings. The van der Waals surface area contributed by atoms with Crippen LogP contribution in [0.4, 0.5) is 10.5 Å². The van der Waals surface area contributed by atoms with E-state index in [1.165, 1.54) is 12.0 Å². The molecule has 0 atom stereocenters. The minimum absolute atomic E-state index is 0.117. The second-order valence-corrected chi connectivity index (χ2v) is 9.67. The average molecular weight is 500 g/mol. The number of benzene rings is 2. The van der Waals surface area contributed by atoms with Crippen molar-refractivity contribution in [1.29, 1.82) is 0 Å². The topological polar surface area (TPSA) is 88.2 Å². The maximum Gasteiger partial charge on any atom is 0.293 e. The summed E-state index contributed by atoms with van der Waals surface area (Å²) < 4.78 is 10.5. The van der Waals surface area contributed by atoms with Crippen molar-refractivity contribution in [1.82, 2.24) is 10.2 Å². The number of methoxy groups -OCH3 is 2. The van der Waals surface area contributed by atoms with Gasteiger partial charge in [-0.05, 0) is 47.7 Å². The van der Waals surface area contributed by atoms with Crippen LogP contribution in [0, 0.1) is 0 Å². The first kappa shape index (κ1) is 24.0. The van der Waals surface area contributed by atoms with Crippen LogP contribution in [0.3, 0.4) is 0 Å². The number of para-hydroxylation sites is 1. The number of fused-ring (bicyclic) bond motifs is 1. The number of carbonyl (C=O) groups is 3.